The molecule has 0 saturated carbocycles. The van der Waals surface area contributed by atoms with E-state index >= 15 is 0 Å². The highest BCUT2D eigenvalue weighted by molar-refractivity contribution is 14.0. The number of amides is 2. The van der Waals surface area contributed by atoms with Gasteiger partial charge in [-0.15, -0.1) is 24.0 Å². The molecule has 1 atom stereocenters. The van der Waals surface area contributed by atoms with Crippen LogP contribution in [-0.2, 0) is 11.3 Å². The summed E-state index contributed by atoms with van der Waals surface area (Å²) >= 11 is 0. The first-order chi connectivity index (χ1) is 14.7. The maximum atomic E-state index is 12.2. The number of benzene rings is 1. The number of aliphatic imine (C=N–C) groups is 1. The van der Waals surface area contributed by atoms with E-state index in [-0.39, 0.29) is 42.0 Å². The van der Waals surface area contributed by atoms with Crippen molar-refractivity contribution in [1.29, 1.82) is 0 Å². The minimum atomic E-state index is -0.513. The molecule has 0 aromatic heterocycles. The van der Waals surface area contributed by atoms with Gasteiger partial charge < -0.3 is 25.6 Å². The molecule has 0 radical (unpaired) electrons. The zero-order chi connectivity index (χ0) is 22.9. The number of alkyl carbamates (subject to hydrolysis) is 1. The molecule has 180 valence electrons. The molecule has 0 spiro atoms. The van der Waals surface area contributed by atoms with Gasteiger partial charge in [0.25, 0.3) is 5.91 Å². The molecule has 1 saturated heterocycles. The Morgan fingerprint density at radius 1 is 1.22 bits per heavy atom. The largest absolute Gasteiger partial charge is 0.444 e. The fourth-order valence-corrected chi connectivity index (χ4v) is 3.29. The van der Waals surface area contributed by atoms with Crippen LogP contribution in [0.2, 0.25) is 0 Å². The molecule has 9 heteroatoms. The van der Waals surface area contributed by atoms with E-state index in [2.05, 4.69) is 20.9 Å². The zero-order valence-corrected chi connectivity index (χ0v) is 22.2. The average molecular weight is 559 g/mol. The van der Waals surface area contributed by atoms with Gasteiger partial charge in [0.2, 0.25) is 0 Å². The van der Waals surface area contributed by atoms with Gasteiger partial charge in [-0.05, 0) is 58.2 Å². The Balaban J connectivity index is 0.00000512. The van der Waals surface area contributed by atoms with Gasteiger partial charge in [-0.25, -0.2) is 9.79 Å². The summed E-state index contributed by atoms with van der Waals surface area (Å²) in [6, 6.07) is 7.57. The van der Waals surface area contributed by atoms with Crippen LogP contribution in [0.4, 0.5) is 4.79 Å². The number of nitrogens with zero attached hydrogens (tertiary/aromatic N) is 2. The van der Waals surface area contributed by atoms with Gasteiger partial charge in [0.1, 0.15) is 5.60 Å². The highest BCUT2D eigenvalue weighted by Crippen LogP contribution is 2.13. The fraction of sp³-hybridized carbons (Fsp3) is 0.609. The first kappa shape index (κ1) is 28.0. The van der Waals surface area contributed by atoms with E-state index in [4.69, 9.17) is 9.73 Å². The summed E-state index contributed by atoms with van der Waals surface area (Å²) in [5, 5.41) is 9.17. The van der Waals surface area contributed by atoms with E-state index < -0.39 is 5.60 Å². The van der Waals surface area contributed by atoms with Crippen LogP contribution in [-0.4, -0.2) is 60.7 Å². The van der Waals surface area contributed by atoms with Crippen molar-refractivity contribution < 1.29 is 14.3 Å². The molecule has 0 aliphatic carbocycles. The van der Waals surface area contributed by atoms with E-state index in [1.54, 1.807) is 0 Å². The quantitative estimate of drug-likeness (QED) is 0.270. The second kappa shape index (κ2) is 13.5. The molecular weight excluding hydrogens is 521 g/mol. The van der Waals surface area contributed by atoms with E-state index in [0.29, 0.717) is 25.2 Å². The number of halogens is 1. The Kier molecular flexibility index (Phi) is 11.8. The number of nitrogens with one attached hydrogen (secondary N) is 3. The molecule has 2 rings (SSSR count). The summed E-state index contributed by atoms with van der Waals surface area (Å²) in [6.07, 6.45) is 1.34. The molecule has 1 aliphatic rings. The van der Waals surface area contributed by atoms with Crippen LogP contribution in [0.1, 0.15) is 63.4 Å². The van der Waals surface area contributed by atoms with Gasteiger partial charge in [0.15, 0.2) is 5.96 Å². The number of guanidine groups is 1. The third-order valence-electron chi connectivity index (χ3n) is 4.68. The number of rotatable bonds is 7. The van der Waals surface area contributed by atoms with Gasteiger partial charge in [0, 0.05) is 31.7 Å². The SMILES string of the molecule is CCCNC(=O)c1cccc(CN=C(NCC)N2CCC(NC(=O)OC(C)(C)C)C2)c1.I. The standard InChI is InChI=1S/C23H37N5O3.HI/c1-6-12-25-20(29)18-10-8-9-17(14-18)15-26-21(24-7-2)28-13-11-19(16-28)27-22(30)31-23(3,4)5;/h8-10,14,19H,6-7,11-13,15-16H2,1-5H3,(H,24,26)(H,25,29)(H,27,30);1H. The predicted octanol–water partition coefficient (Wildman–Crippen LogP) is 3.51. The second-order valence-corrected chi connectivity index (χ2v) is 8.70. The molecular formula is C23H38IN5O3. The Hall–Kier alpha value is -2.04. The Bertz CT molecular complexity index is 779. The van der Waals surface area contributed by atoms with E-state index in [9.17, 15) is 9.59 Å². The lowest BCUT2D eigenvalue weighted by Gasteiger charge is -2.23. The highest BCUT2D eigenvalue weighted by Gasteiger charge is 2.27. The second-order valence-electron chi connectivity index (χ2n) is 8.70. The number of carbonyl (C=O) groups excluding carboxylic acids is 2. The van der Waals surface area contributed by atoms with Crippen LogP contribution < -0.4 is 16.0 Å². The number of carbonyl (C=O) groups is 2. The molecule has 1 aromatic carbocycles. The van der Waals surface area contributed by atoms with Crippen LogP contribution in [0, 0.1) is 0 Å². The van der Waals surface area contributed by atoms with Crippen LogP contribution in [0.5, 0.6) is 0 Å². The van der Waals surface area contributed by atoms with Crippen molar-refractivity contribution in [3.05, 3.63) is 35.4 Å². The molecule has 0 bridgehead atoms. The third kappa shape index (κ3) is 9.62. The number of likely N-dealkylation sites (tertiary alicyclic amines) is 1. The van der Waals surface area contributed by atoms with Crippen molar-refractivity contribution in [3.63, 3.8) is 0 Å². The zero-order valence-electron chi connectivity index (χ0n) is 19.9. The highest BCUT2D eigenvalue weighted by atomic mass is 127. The monoisotopic (exact) mass is 559 g/mol. The topological polar surface area (TPSA) is 95.1 Å². The molecule has 32 heavy (non-hydrogen) atoms. The third-order valence-corrected chi connectivity index (χ3v) is 4.68. The summed E-state index contributed by atoms with van der Waals surface area (Å²) in [5.74, 6) is 0.743. The lowest BCUT2D eigenvalue weighted by Crippen LogP contribution is -2.44. The lowest BCUT2D eigenvalue weighted by atomic mass is 10.1. The predicted molar refractivity (Wildman–Crippen MR) is 139 cm³/mol. The molecule has 1 heterocycles. The van der Waals surface area contributed by atoms with E-state index in [0.717, 1.165) is 37.5 Å². The maximum absolute atomic E-state index is 12.2. The van der Waals surface area contributed by atoms with Crippen molar-refractivity contribution in [2.45, 2.75) is 65.6 Å². The van der Waals surface area contributed by atoms with Crippen LogP contribution in [0.15, 0.2) is 29.3 Å². The average Bonchev–Trinajstić information content (AvgIpc) is 3.16. The van der Waals surface area contributed by atoms with Crippen LogP contribution in [0.25, 0.3) is 0 Å². The maximum Gasteiger partial charge on any atom is 0.407 e. The summed E-state index contributed by atoms with van der Waals surface area (Å²) in [7, 11) is 0. The summed E-state index contributed by atoms with van der Waals surface area (Å²) < 4.78 is 5.36. The fourth-order valence-electron chi connectivity index (χ4n) is 3.29. The lowest BCUT2D eigenvalue weighted by molar-refractivity contribution is 0.0507. The van der Waals surface area contributed by atoms with Gasteiger partial charge in [-0.2, -0.15) is 0 Å². The van der Waals surface area contributed by atoms with Crippen molar-refractivity contribution in [2.24, 2.45) is 4.99 Å². The van der Waals surface area contributed by atoms with Crippen LogP contribution in [0.3, 0.4) is 0 Å². The molecule has 1 aromatic rings. The first-order valence-corrected chi connectivity index (χ1v) is 11.1. The smallest absolute Gasteiger partial charge is 0.407 e. The Labute approximate surface area is 209 Å². The van der Waals surface area contributed by atoms with Gasteiger partial charge >= 0.3 is 6.09 Å². The van der Waals surface area contributed by atoms with Crippen molar-refractivity contribution >= 4 is 41.9 Å². The Morgan fingerprint density at radius 2 is 1.97 bits per heavy atom. The van der Waals surface area contributed by atoms with Crippen LogP contribution >= 0.6 is 24.0 Å². The minimum Gasteiger partial charge on any atom is -0.444 e. The van der Waals surface area contributed by atoms with Crippen molar-refractivity contribution in [1.82, 2.24) is 20.9 Å². The Morgan fingerprint density at radius 3 is 2.62 bits per heavy atom. The molecule has 1 fully saturated rings. The van der Waals surface area contributed by atoms with E-state index in [1.165, 1.54) is 0 Å². The summed E-state index contributed by atoms with van der Waals surface area (Å²) in [4.78, 5) is 31.2. The van der Waals surface area contributed by atoms with E-state index in [1.807, 2.05) is 58.9 Å². The summed E-state index contributed by atoms with van der Waals surface area (Å²) in [6.45, 7) is 13.0. The molecule has 3 N–H and O–H groups in total. The van der Waals surface area contributed by atoms with Gasteiger partial charge in [-0.3, -0.25) is 4.79 Å². The summed E-state index contributed by atoms with van der Waals surface area (Å²) in [5.41, 5.74) is 1.11. The number of ether oxygens (including phenoxy) is 1. The first-order valence-electron chi connectivity index (χ1n) is 11.1. The molecule has 2 amide bonds. The molecule has 1 aliphatic heterocycles. The minimum absolute atomic E-state index is 0. The van der Waals surface area contributed by atoms with Crippen molar-refractivity contribution in [2.75, 3.05) is 26.2 Å². The normalized spacial score (nSPS) is 16.2. The van der Waals surface area contributed by atoms with Gasteiger partial charge in [-0.1, -0.05) is 19.1 Å². The molecule has 1 unspecified atom stereocenters. The van der Waals surface area contributed by atoms with Crippen molar-refractivity contribution in [3.8, 4) is 0 Å². The molecule has 8 nitrogen and oxygen atoms in total. The van der Waals surface area contributed by atoms with Gasteiger partial charge in [0.05, 0.1) is 12.6 Å². The number of hydrogen-bond donors (Lipinski definition) is 3. The number of hydrogen-bond acceptors (Lipinski definition) is 4.